The second kappa shape index (κ2) is 7.52. The lowest BCUT2D eigenvalue weighted by atomic mass is 9.93. The standard InChI is InChI=1S/C17H20IN3O3/c18-15-9-19-21(10-15)13-17(23)7-4-8-20(12-17)16(22)24-11-14-5-2-1-3-6-14/h1-3,5-6,9-10,23H,4,7-8,11-13H2. The monoisotopic (exact) mass is 441 g/mol. The highest BCUT2D eigenvalue weighted by Gasteiger charge is 2.36. The maximum Gasteiger partial charge on any atom is 0.410 e. The number of likely N-dealkylation sites (tertiary alicyclic amines) is 1. The number of ether oxygens (including phenoxy) is 1. The molecule has 6 nitrogen and oxygen atoms in total. The molecule has 24 heavy (non-hydrogen) atoms. The van der Waals surface area contributed by atoms with Gasteiger partial charge in [-0.25, -0.2) is 4.79 Å². The van der Waals surface area contributed by atoms with Crippen LogP contribution in [0, 0.1) is 3.57 Å². The number of β-amino-alcohol motifs (C(OH)–C–C–N with tert-alkyl or cyclic N) is 1. The summed E-state index contributed by atoms with van der Waals surface area (Å²) in [6.07, 6.45) is 4.64. The number of halogens is 1. The highest BCUT2D eigenvalue weighted by atomic mass is 127. The zero-order valence-corrected chi connectivity index (χ0v) is 15.4. The normalized spacial score (nSPS) is 20.8. The zero-order valence-electron chi connectivity index (χ0n) is 13.3. The van der Waals surface area contributed by atoms with Crippen LogP contribution in [0.3, 0.4) is 0 Å². The van der Waals surface area contributed by atoms with Gasteiger partial charge >= 0.3 is 6.09 Å². The van der Waals surface area contributed by atoms with Crippen molar-refractivity contribution in [1.82, 2.24) is 14.7 Å². The fourth-order valence-electron chi connectivity index (χ4n) is 2.93. The van der Waals surface area contributed by atoms with E-state index in [0.29, 0.717) is 19.5 Å². The topological polar surface area (TPSA) is 67.6 Å². The number of benzene rings is 1. The van der Waals surface area contributed by atoms with Crippen LogP contribution in [0.1, 0.15) is 18.4 Å². The van der Waals surface area contributed by atoms with Crippen LogP contribution in [-0.2, 0) is 17.9 Å². The Labute approximate surface area is 154 Å². The van der Waals surface area contributed by atoms with Crippen LogP contribution in [0.2, 0.25) is 0 Å². The molecule has 2 aromatic rings. The number of amides is 1. The zero-order chi connectivity index (χ0) is 17.0. The number of hydrogen-bond donors (Lipinski definition) is 1. The third-order valence-electron chi connectivity index (χ3n) is 4.08. The molecule has 3 rings (SSSR count). The van der Waals surface area contributed by atoms with Gasteiger partial charge in [0.25, 0.3) is 0 Å². The Morgan fingerprint density at radius 1 is 1.38 bits per heavy atom. The van der Waals surface area contributed by atoms with E-state index in [9.17, 15) is 9.90 Å². The molecule has 1 aliphatic rings. The molecule has 1 aromatic carbocycles. The number of aromatic nitrogens is 2. The summed E-state index contributed by atoms with van der Waals surface area (Å²) in [5, 5.41) is 15.0. The molecule has 1 amide bonds. The number of aliphatic hydroxyl groups is 1. The minimum absolute atomic E-state index is 0.242. The lowest BCUT2D eigenvalue weighted by Crippen LogP contribution is -2.52. The number of carbonyl (C=O) groups is 1. The largest absolute Gasteiger partial charge is 0.445 e. The van der Waals surface area contributed by atoms with Gasteiger partial charge in [-0.3, -0.25) is 4.68 Å². The van der Waals surface area contributed by atoms with Crippen LogP contribution >= 0.6 is 22.6 Å². The Bertz CT molecular complexity index is 691. The maximum atomic E-state index is 12.3. The third kappa shape index (κ3) is 4.47. The maximum absolute atomic E-state index is 12.3. The Morgan fingerprint density at radius 3 is 2.88 bits per heavy atom. The van der Waals surface area contributed by atoms with Crippen molar-refractivity contribution in [3.05, 3.63) is 51.9 Å². The first-order chi connectivity index (χ1) is 11.5. The molecule has 1 N–H and O–H groups in total. The predicted molar refractivity (Wildman–Crippen MR) is 97.3 cm³/mol. The summed E-state index contributed by atoms with van der Waals surface area (Å²) in [6, 6.07) is 9.58. The Balaban J connectivity index is 1.57. The number of hydrogen-bond acceptors (Lipinski definition) is 4. The minimum atomic E-state index is -0.973. The molecule has 0 spiro atoms. The first-order valence-corrected chi connectivity index (χ1v) is 8.98. The second-order valence-electron chi connectivity index (χ2n) is 6.15. The number of nitrogens with zero attached hydrogens (tertiary/aromatic N) is 3. The van der Waals surface area contributed by atoms with Gasteiger partial charge in [-0.15, -0.1) is 0 Å². The summed E-state index contributed by atoms with van der Waals surface area (Å²) >= 11 is 2.18. The highest BCUT2D eigenvalue weighted by molar-refractivity contribution is 14.1. The van der Waals surface area contributed by atoms with E-state index in [4.69, 9.17) is 4.74 Å². The predicted octanol–water partition coefficient (Wildman–Crippen LogP) is 2.65. The molecule has 2 heterocycles. The van der Waals surface area contributed by atoms with E-state index >= 15 is 0 Å². The van der Waals surface area contributed by atoms with Gasteiger partial charge in [-0.2, -0.15) is 5.10 Å². The van der Waals surface area contributed by atoms with E-state index in [2.05, 4.69) is 27.7 Å². The van der Waals surface area contributed by atoms with Gasteiger partial charge < -0.3 is 14.7 Å². The number of rotatable bonds is 4. The molecule has 1 fully saturated rings. The van der Waals surface area contributed by atoms with Crippen molar-refractivity contribution in [3.63, 3.8) is 0 Å². The molecule has 1 aromatic heterocycles. The van der Waals surface area contributed by atoms with Crippen LogP contribution in [-0.4, -0.2) is 44.6 Å². The van der Waals surface area contributed by atoms with E-state index < -0.39 is 5.60 Å². The summed E-state index contributed by atoms with van der Waals surface area (Å²) in [6.45, 7) is 1.48. The molecule has 7 heteroatoms. The summed E-state index contributed by atoms with van der Waals surface area (Å²) in [4.78, 5) is 13.9. The van der Waals surface area contributed by atoms with Crippen molar-refractivity contribution < 1.29 is 14.6 Å². The van der Waals surface area contributed by atoms with Gasteiger partial charge in [0.2, 0.25) is 0 Å². The van der Waals surface area contributed by atoms with E-state index in [0.717, 1.165) is 15.6 Å². The molecule has 1 aliphatic heterocycles. The first-order valence-electron chi connectivity index (χ1n) is 7.90. The molecule has 128 valence electrons. The average molecular weight is 441 g/mol. The van der Waals surface area contributed by atoms with Crippen molar-refractivity contribution >= 4 is 28.7 Å². The Kier molecular flexibility index (Phi) is 5.40. The van der Waals surface area contributed by atoms with E-state index in [1.54, 1.807) is 15.8 Å². The minimum Gasteiger partial charge on any atom is -0.445 e. The summed E-state index contributed by atoms with van der Waals surface area (Å²) < 4.78 is 8.11. The van der Waals surface area contributed by atoms with Crippen LogP contribution in [0.25, 0.3) is 0 Å². The fraction of sp³-hybridized carbons (Fsp3) is 0.412. The molecule has 0 aliphatic carbocycles. The van der Waals surface area contributed by atoms with Crippen molar-refractivity contribution in [2.24, 2.45) is 0 Å². The molecular weight excluding hydrogens is 421 g/mol. The van der Waals surface area contributed by atoms with Gasteiger partial charge in [0.15, 0.2) is 0 Å². The van der Waals surface area contributed by atoms with Gasteiger partial charge in [-0.05, 0) is 41.0 Å². The van der Waals surface area contributed by atoms with E-state index in [-0.39, 0.29) is 19.2 Å². The Morgan fingerprint density at radius 2 is 2.17 bits per heavy atom. The van der Waals surface area contributed by atoms with Crippen molar-refractivity contribution in [1.29, 1.82) is 0 Å². The fourth-order valence-corrected chi connectivity index (χ4v) is 3.38. The highest BCUT2D eigenvalue weighted by Crippen LogP contribution is 2.24. The first kappa shape index (κ1) is 17.2. The SMILES string of the molecule is O=C(OCc1ccccc1)N1CCCC(O)(Cn2cc(I)cn2)C1. The quantitative estimate of drug-likeness (QED) is 0.742. The van der Waals surface area contributed by atoms with Gasteiger partial charge in [0.1, 0.15) is 12.2 Å². The summed E-state index contributed by atoms with van der Waals surface area (Å²) in [5.41, 5.74) is -0.0247. The summed E-state index contributed by atoms with van der Waals surface area (Å²) in [5.74, 6) is 0. The second-order valence-corrected chi connectivity index (χ2v) is 7.39. The molecule has 1 saturated heterocycles. The van der Waals surface area contributed by atoms with Gasteiger partial charge in [0.05, 0.1) is 22.9 Å². The lowest BCUT2D eigenvalue weighted by molar-refractivity contribution is -0.0438. The van der Waals surface area contributed by atoms with Crippen molar-refractivity contribution in [2.45, 2.75) is 31.6 Å². The summed E-state index contributed by atoms with van der Waals surface area (Å²) in [7, 11) is 0. The van der Waals surface area contributed by atoms with Crippen LogP contribution in [0.4, 0.5) is 4.79 Å². The lowest BCUT2D eigenvalue weighted by Gasteiger charge is -2.38. The molecular formula is C17H20IN3O3. The van der Waals surface area contributed by atoms with E-state index in [1.807, 2.05) is 36.5 Å². The van der Waals surface area contributed by atoms with Crippen LogP contribution in [0.5, 0.6) is 0 Å². The van der Waals surface area contributed by atoms with Crippen LogP contribution in [0.15, 0.2) is 42.7 Å². The third-order valence-corrected chi connectivity index (χ3v) is 4.63. The smallest absolute Gasteiger partial charge is 0.410 e. The average Bonchev–Trinajstić information content (AvgIpc) is 2.97. The van der Waals surface area contributed by atoms with Gasteiger partial charge in [-0.1, -0.05) is 30.3 Å². The molecule has 0 bridgehead atoms. The Hall–Kier alpha value is -1.61. The van der Waals surface area contributed by atoms with E-state index in [1.165, 1.54) is 0 Å². The van der Waals surface area contributed by atoms with Crippen molar-refractivity contribution in [2.75, 3.05) is 13.1 Å². The number of piperidine rings is 1. The number of carbonyl (C=O) groups excluding carboxylic acids is 1. The van der Waals surface area contributed by atoms with Crippen LogP contribution < -0.4 is 0 Å². The van der Waals surface area contributed by atoms with Gasteiger partial charge in [0, 0.05) is 12.7 Å². The molecule has 1 atom stereocenters. The molecule has 0 radical (unpaired) electrons. The molecule has 0 saturated carbocycles. The molecule has 1 unspecified atom stereocenters. The van der Waals surface area contributed by atoms with Crippen molar-refractivity contribution in [3.8, 4) is 0 Å².